The van der Waals surface area contributed by atoms with Crippen LogP contribution in [-0.4, -0.2) is 35.9 Å². The lowest BCUT2D eigenvalue weighted by Crippen LogP contribution is -2.30. The molecule has 0 spiro atoms. The van der Waals surface area contributed by atoms with Crippen molar-refractivity contribution in [3.63, 3.8) is 0 Å². The highest BCUT2D eigenvalue weighted by atomic mass is 16.7. The predicted molar refractivity (Wildman–Crippen MR) is 111 cm³/mol. The summed E-state index contributed by atoms with van der Waals surface area (Å²) in [5.41, 5.74) is 1.57. The Morgan fingerprint density at radius 2 is 1.93 bits per heavy atom. The van der Waals surface area contributed by atoms with Crippen LogP contribution in [0.5, 0.6) is 0 Å². The van der Waals surface area contributed by atoms with E-state index in [0.29, 0.717) is 5.82 Å². The van der Waals surface area contributed by atoms with Crippen LogP contribution in [0.4, 0.5) is 10.6 Å². The van der Waals surface area contributed by atoms with Gasteiger partial charge in [-0.25, -0.2) is 9.48 Å². The minimum atomic E-state index is -0.557. The lowest BCUT2D eigenvalue weighted by atomic mass is 10.0. The van der Waals surface area contributed by atoms with Crippen LogP contribution in [0.3, 0.4) is 0 Å². The lowest BCUT2D eigenvalue weighted by molar-refractivity contribution is -0.201. The van der Waals surface area contributed by atoms with Crippen LogP contribution < -0.4 is 5.32 Å². The normalized spacial score (nSPS) is 18.6. The molecule has 1 aliphatic rings. The number of carbonyl (C=O) groups is 1. The molecule has 1 aromatic carbocycles. The van der Waals surface area contributed by atoms with E-state index in [0.717, 1.165) is 30.5 Å². The zero-order valence-electron chi connectivity index (χ0n) is 17.9. The zero-order chi connectivity index (χ0) is 21.1. The van der Waals surface area contributed by atoms with Gasteiger partial charge in [-0.1, -0.05) is 30.3 Å². The summed E-state index contributed by atoms with van der Waals surface area (Å²) in [6.45, 7) is 6.37. The minimum absolute atomic E-state index is 0.208. The molecule has 7 heteroatoms. The first-order valence-electron chi connectivity index (χ1n) is 9.95. The molecule has 0 radical (unpaired) electrons. The van der Waals surface area contributed by atoms with Crippen LogP contribution in [-0.2, 0) is 26.4 Å². The molecule has 0 bridgehead atoms. The van der Waals surface area contributed by atoms with Crippen molar-refractivity contribution >= 4 is 11.9 Å². The van der Waals surface area contributed by atoms with Gasteiger partial charge < -0.3 is 14.2 Å². The van der Waals surface area contributed by atoms with Gasteiger partial charge >= 0.3 is 6.09 Å². The van der Waals surface area contributed by atoms with E-state index in [1.54, 1.807) is 14.2 Å². The van der Waals surface area contributed by atoms with Crippen molar-refractivity contribution < 1.29 is 19.0 Å². The van der Waals surface area contributed by atoms with Gasteiger partial charge in [0.1, 0.15) is 12.4 Å². The van der Waals surface area contributed by atoms with Gasteiger partial charge in [-0.05, 0) is 32.8 Å². The second-order valence-electron chi connectivity index (χ2n) is 8.48. The van der Waals surface area contributed by atoms with Gasteiger partial charge in [0.15, 0.2) is 5.79 Å². The van der Waals surface area contributed by atoms with Crippen molar-refractivity contribution in [3.8, 4) is 0 Å². The van der Waals surface area contributed by atoms with Gasteiger partial charge in [0.2, 0.25) is 0 Å². The van der Waals surface area contributed by atoms with E-state index in [4.69, 9.17) is 19.3 Å². The maximum Gasteiger partial charge on any atom is 0.413 e. The molecule has 1 amide bonds. The van der Waals surface area contributed by atoms with Gasteiger partial charge in [-0.2, -0.15) is 5.10 Å². The first-order chi connectivity index (χ1) is 13.8. The number of anilines is 1. The molecule has 1 unspecified atom stereocenters. The van der Waals surface area contributed by atoms with Crippen LogP contribution in [0.25, 0.3) is 0 Å². The number of aromatic nitrogens is 2. The third-order valence-electron chi connectivity index (χ3n) is 5.40. The molecule has 1 fully saturated rings. The van der Waals surface area contributed by atoms with E-state index in [1.165, 1.54) is 0 Å². The molecular weight excluding hydrogens is 370 g/mol. The monoisotopic (exact) mass is 401 g/mol. The van der Waals surface area contributed by atoms with Crippen LogP contribution in [0.2, 0.25) is 0 Å². The molecule has 0 aliphatic heterocycles. The van der Waals surface area contributed by atoms with Crippen LogP contribution >= 0.6 is 0 Å². The highest BCUT2D eigenvalue weighted by molar-refractivity contribution is 5.83. The average molecular weight is 402 g/mol. The van der Waals surface area contributed by atoms with E-state index in [-0.39, 0.29) is 18.1 Å². The second kappa shape index (κ2) is 8.55. The molecule has 7 nitrogen and oxygen atoms in total. The Bertz CT molecular complexity index is 822. The third-order valence-corrected chi connectivity index (χ3v) is 5.40. The van der Waals surface area contributed by atoms with Gasteiger partial charge in [-0.3, -0.25) is 5.32 Å². The molecule has 1 aliphatic carbocycles. The Morgan fingerprint density at radius 1 is 1.24 bits per heavy atom. The average Bonchev–Trinajstić information content (AvgIpc) is 3.32. The molecule has 3 rings (SSSR count). The first-order valence-corrected chi connectivity index (χ1v) is 9.95. The van der Waals surface area contributed by atoms with E-state index >= 15 is 0 Å². The van der Waals surface area contributed by atoms with Crippen molar-refractivity contribution in [3.05, 3.63) is 47.7 Å². The number of hydrogen-bond acceptors (Lipinski definition) is 5. The van der Waals surface area contributed by atoms with Gasteiger partial charge in [0, 0.05) is 39.0 Å². The van der Waals surface area contributed by atoms with E-state index < -0.39 is 11.9 Å². The molecule has 1 N–H and O–H groups in total. The number of carbonyl (C=O) groups excluding carboxylic acids is 1. The standard InChI is InChI=1S/C22H31N3O4/c1-21(2,3)25-19(23-20(26)29-15-16-9-7-6-8-10-16)13-18(24-25)17-11-12-22(14-17,27-4)28-5/h6-10,13,17H,11-12,14-15H2,1-5H3,(H,23,26). The van der Waals surface area contributed by atoms with Crippen LogP contribution in [0.1, 0.15) is 57.2 Å². The summed E-state index contributed by atoms with van der Waals surface area (Å²) in [6.07, 6.45) is 1.97. The van der Waals surface area contributed by atoms with E-state index in [1.807, 2.05) is 61.9 Å². The van der Waals surface area contributed by atoms with Crippen LogP contribution in [0.15, 0.2) is 36.4 Å². The number of benzene rings is 1. The second-order valence-corrected chi connectivity index (χ2v) is 8.48. The Balaban J connectivity index is 1.73. The quantitative estimate of drug-likeness (QED) is 0.714. The number of nitrogens with zero attached hydrogens (tertiary/aromatic N) is 2. The first kappa shape index (κ1) is 21.3. The molecule has 2 aromatic rings. The highest BCUT2D eigenvalue weighted by Crippen LogP contribution is 2.43. The maximum absolute atomic E-state index is 12.4. The minimum Gasteiger partial charge on any atom is -0.444 e. The fourth-order valence-corrected chi connectivity index (χ4v) is 3.74. The number of nitrogens with one attached hydrogen (secondary N) is 1. The fourth-order valence-electron chi connectivity index (χ4n) is 3.74. The number of methoxy groups -OCH3 is 2. The van der Waals surface area contributed by atoms with Crippen molar-refractivity contribution in [1.29, 1.82) is 0 Å². The SMILES string of the molecule is COC1(OC)CCC(c2cc(NC(=O)OCc3ccccc3)n(C(C)(C)C)n2)C1. The van der Waals surface area contributed by atoms with Gasteiger partial charge in [0.05, 0.1) is 11.2 Å². The predicted octanol–water partition coefficient (Wildman–Crippen LogP) is 4.64. The molecular formula is C22H31N3O4. The summed E-state index contributed by atoms with van der Waals surface area (Å²) < 4.78 is 18.4. The molecule has 1 saturated carbocycles. The molecule has 158 valence electrons. The van der Waals surface area contributed by atoms with Crippen LogP contribution in [0, 0.1) is 0 Å². The van der Waals surface area contributed by atoms with Crippen molar-refractivity contribution in [1.82, 2.24) is 9.78 Å². The molecule has 29 heavy (non-hydrogen) atoms. The number of hydrogen-bond donors (Lipinski definition) is 1. The van der Waals surface area contributed by atoms with E-state index in [9.17, 15) is 4.79 Å². The molecule has 1 atom stereocenters. The maximum atomic E-state index is 12.4. The van der Waals surface area contributed by atoms with Gasteiger partial charge in [-0.15, -0.1) is 0 Å². The third kappa shape index (κ3) is 4.97. The van der Waals surface area contributed by atoms with E-state index in [2.05, 4.69) is 5.32 Å². The Morgan fingerprint density at radius 3 is 2.52 bits per heavy atom. The summed E-state index contributed by atoms with van der Waals surface area (Å²) >= 11 is 0. The number of ether oxygens (including phenoxy) is 3. The Kier molecular flexibility index (Phi) is 6.29. The summed E-state index contributed by atoms with van der Waals surface area (Å²) in [6, 6.07) is 11.5. The lowest BCUT2D eigenvalue weighted by Gasteiger charge is -2.25. The highest BCUT2D eigenvalue weighted by Gasteiger charge is 2.41. The zero-order valence-corrected chi connectivity index (χ0v) is 17.9. The Hall–Kier alpha value is -2.38. The summed E-state index contributed by atoms with van der Waals surface area (Å²) in [7, 11) is 3.35. The van der Waals surface area contributed by atoms with Crippen molar-refractivity contribution in [2.24, 2.45) is 0 Å². The number of amides is 1. The molecule has 1 heterocycles. The summed E-state index contributed by atoms with van der Waals surface area (Å²) in [5.74, 6) is 0.274. The Labute approximate surface area is 172 Å². The summed E-state index contributed by atoms with van der Waals surface area (Å²) in [4.78, 5) is 12.4. The molecule has 1 aromatic heterocycles. The number of rotatable bonds is 6. The fraction of sp³-hybridized carbons (Fsp3) is 0.545. The molecule has 0 saturated heterocycles. The largest absolute Gasteiger partial charge is 0.444 e. The van der Waals surface area contributed by atoms with Gasteiger partial charge in [0.25, 0.3) is 0 Å². The topological polar surface area (TPSA) is 74.6 Å². The van der Waals surface area contributed by atoms with Crippen molar-refractivity contribution in [2.45, 2.75) is 63.9 Å². The smallest absolute Gasteiger partial charge is 0.413 e. The van der Waals surface area contributed by atoms with Crippen molar-refractivity contribution in [2.75, 3.05) is 19.5 Å². The summed E-state index contributed by atoms with van der Waals surface area (Å²) in [5, 5.41) is 7.66.